The minimum absolute atomic E-state index is 0.0341. The van der Waals surface area contributed by atoms with Crippen LogP contribution in [0.3, 0.4) is 0 Å². The molecule has 0 aliphatic carbocycles. The lowest BCUT2D eigenvalue weighted by Crippen LogP contribution is -2.45. The van der Waals surface area contributed by atoms with E-state index in [-0.39, 0.29) is 18.5 Å². The van der Waals surface area contributed by atoms with Crippen LogP contribution in [0, 0.1) is 0 Å². The van der Waals surface area contributed by atoms with Gasteiger partial charge in [-0.25, -0.2) is 0 Å². The monoisotopic (exact) mass is 778 g/mol. The SMILES string of the molecule is CCCCCCCCCCCCCCCCC(=O)OCCCC/C=C\CCCCCCC(=O)NC(CO)C(O)CCCCCCCCCCCCCCCC. The lowest BCUT2D eigenvalue weighted by Gasteiger charge is -2.22. The molecule has 3 N–H and O–H groups in total. The fourth-order valence-electron chi connectivity index (χ4n) is 7.51. The van der Waals surface area contributed by atoms with Crippen LogP contribution in [0.4, 0.5) is 0 Å². The van der Waals surface area contributed by atoms with E-state index in [1.54, 1.807) is 0 Å². The number of aliphatic hydroxyl groups excluding tert-OH is 2. The summed E-state index contributed by atoms with van der Waals surface area (Å²) in [5.74, 6) is -0.104. The van der Waals surface area contributed by atoms with Gasteiger partial charge in [-0.15, -0.1) is 0 Å². The van der Waals surface area contributed by atoms with Gasteiger partial charge in [0.05, 0.1) is 25.4 Å². The van der Waals surface area contributed by atoms with E-state index in [2.05, 4.69) is 31.3 Å². The molecule has 2 unspecified atom stereocenters. The molecule has 2 atom stereocenters. The van der Waals surface area contributed by atoms with Crippen LogP contribution in [0.2, 0.25) is 0 Å². The molecule has 0 fully saturated rings. The first-order valence-corrected chi connectivity index (χ1v) is 24.4. The van der Waals surface area contributed by atoms with Gasteiger partial charge in [0.1, 0.15) is 0 Å². The largest absolute Gasteiger partial charge is 0.466 e. The molecule has 0 bridgehead atoms. The summed E-state index contributed by atoms with van der Waals surface area (Å²) in [5.41, 5.74) is 0. The Balaban J connectivity index is 3.52. The first-order valence-electron chi connectivity index (χ1n) is 24.4. The molecule has 0 heterocycles. The number of ether oxygens (including phenoxy) is 1. The molecule has 0 aromatic heterocycles. The molecular weight excluding hydrogens is 683 g/mol. The fourth-order valence-corrected chi connectivity index (χ4v) is 7.51. The third-order valence-electron chi connectivity index (χ3n) is 11.3. The lowest BCUT2D eigenvalue weighted by molar-refractivity contribution is -0.143. The van der Waals surface area contributed by atoms with Crippen LogP contribution in [0.25, 0.3) is 0 Å². The first kappa shape index (κ1) is 53.6. The maximum atomic E-state index is 12.4. The number of aliphatic hydroxyl groups is 2. The minimum Gasteiger partial charge on any atom is -0.466 e. The van der Waals surface area contributed by atoms with Crippen molar-refractivity contribution >= 4 is 11.9 Å². The Labute approximate surface area is 342 Å². The van der Waals surface area contributed by atoms with Gasteiger partial charge in [0.15, 0.2) is 0 Å². The fraction of sp³-hybridized carbons (Fsp3) is 0.918. The lowest BCUT2D eigenvalue weighted by atomic mass is 10.0. The van der Waals surface area contributed by atoms with Gasteiger partial charge < -0.3 is 20.3 Å². The van der Waals surface area contributed by atoms with Gasteiger partial charge in [-0.2, -0.15) is 0 Å². The zero-order chi connectivity index (χ0) is 40.1. The highest BCUT2D eigenvalue weighted by atomic mass is 16.5. The summed E-state index contributed by atoms with van der Waals surface area (Å²) in [5, 5.41) is 23.1. The topological polar surface area (TPSA) is 95.9 Å². The molecule has 0 rings (SSSR count). The normalized spacial score (nSPS) is 12.7. The third-order valence-corrected chi connectivity index (χ3v) is 11.3. The van der Waals surface area contributed by atoms with E-state index in [0.29, 0.717) is 25.9 Å². The van der Waals surface area contributed by atoms with Gasteiger partial charge in [-0.05, 0) is 51.4 Å². The predicted molar refractivity (Wildman–Crippen MR) is 237 cm³/mol. The molecule has 0 spiro atoms. The van der Waals surface area contributed by atoms with Crippen molar-refractivity contribution in [3.05, 3.63) is 12.2 Å². The van der Waals surface area contributed by atoms with Gasteiger partial charge >= 0.3 is 5.97 Å². The van der Waals surface area contributed by atoms with Crippen molar-refractivity contribution in [1.82, 2.24) is 5.32 Å². The summed E-state index contributed by atoms with van der Waals surface area (Å²) < 4.78 is 5.43. The van der Waals surface area contributed by atoms with E-state index in [1.165, 1.54) is 154 Å². The average molecular weight is 778 g/mol. The second kappa shape index (κ2) is 45.3. The second-order valence-electron chi connectivity index (χ2n) is 16.8. The van der Waals surface area contributed by atoms with Gasteiger partial charge in [0, 0.05) is 12.8 Å². The summed E-state index contributed by atoms with van der Waals surface area (Å²) in [6.07, 6.45) is 50.3. The van der Waals surface area contributed by atoms with Crippen molar-refractivity contribution in [3.63, 3.8) is 0 Å². The van der Waals surface area contributed by atoms with Crippen LogP contribution in [-0.2, 0) is 14.3 Å². The second-order valence-corrected chi connectivity index (χ2v) is 16.8. The van der Waals surface area contributed by atoms with Gasteiger partial charge in [-0.1, -0.05) is 212 Å². The number of nitrogens with one attached hydrogen (secondary N) is 1. The molecule has 6 nitrogen and oxygen atoms in total. The van der Waals surface area contributed by atoms with Crippen LogP contribution in [-0.4, -0.2) is 47.4 Å². The van der Waals surface area contributed by atoms with Crippen LogP contribution < -0.4 is 5.32 Å². The Morgan fingerprint density at radius 3 is 1.29 bits per heavy atom. The Morgan fingerprint density at radius 2 is 0.855 bits per heavy atom. The van der Waals surface area contributed by atoms with Crippen LogP contribution in [0.5, 0.6) is 0 Å². The van der Waals surface area contributed by atoms with Crippen molar-refractivity contribution in [3.8, 4) is 0 Å². The Morgan fingerprint density at radius 1 is 0.491 bits per heavy atom. The predicted octanol–water partition coefficient (Wildman–Crippen LogP) is 14.2. The van der Waals surface area contributed by atoms with Gasteiger partial charge in [-0.3, -0.25) is 9.59 Å². The number of rotatable bonds is 45. The molecule has 0 aromatic carbocycles. The van der Waals surface area contributed by atoms with E-state index in [1.807, 2.05) is 0 Å². The Hall–Kier alpha value is -1.40. The van der Waals surface area contributed by atoms with E-state index in [9.17, 15) is 19.8 Å². The zero-order valence-electron chi connectivity index (χ0n) is 36.9. The highest BCUT2D eigenvalue weighted by molar-refractivity contribution is 5.76. The van der Waals surface area contributed by atoms with E-state index < -0.39 is 12.1 Å². The molecular formula is C49H95NO5. The number of amides is 1. The number of carbonyl (C=O) groups excluding carboxylic acids is 2. The Bertz CT molecular complexity index is 817. The van der Waals surface area contributed by atoms with Crippen LogP contribution in [0.1, 0.15) is 264 Å². The molecule has 0 aliphatic heterocycles. The van der Waals surface area contributed by atoms with Crippen molar-refractivity contribution in [1.29, 1.82) is 0 Å². The van der Waals surface area contributed by atoms with Crippen molar-refractivity contribution in [2.75, 3.05) is 13.2 Å². The van der Waals surface area contributed by atoms with Gasteiger partial charge in [0.2, 0.25) is 5.91 Å². The molecule has 6 heteroatoms. The number of hydrogen-bond acceptors (Lipinski definition) is 5. The smallest absolute Gasteiger partial charge is 0.305 e. The molecule has 0 aromatic rings. The molecule has 55 heavy (non-hydrogen) atoms. The highest BCUT2D eigenvalue weighted by Crippen LogP contribution is 2.16. The quantitative estimate of drug-likeness (QED) is 0.0325. The highest BCUT2D eigenvalue weighted by Gasteiger charge is 2.20. The summed E-state index contributed by atoms with van der Waals surface area (Å²) >= 11 is 0. The van der Waals surface area contributed by atoms with Crippen molar-refractivity contribution < 1.29 is 24.5 Å². The maximum absolute atomic E-state index is 12.4. The standard InChI is InChI=1S/C49H95NO5/c1-3-5-7-9-11-13-15-17-19-21-25-29-33-37-41-47(52)46(45-51)50-48(53)42-38-34-30-26-23-24-28-32-36-40-44-55-49(54)43-39-35-31-27-22-20-18-16-14-12-10-8-6-4-2/h24,28,46-47,51-52H,3-23,25-27,29-45H2,1-2H3,(H,50,53)/b28-24-. The molecule has 0 saturated heterocycles. The van der Waals surface area contributed by atoms with Gasteiger partial charge in [0.25, 0.3) is 0 Å². The summed E-state index contributed by atoms with van der Waals surface area (Å²) in [6.45, 7) is 4.87. The maximum Gasteiger partial charge on any atom is 0.305 e. The average Bonchev–Trinajstić information content (AvgIpc) is 3.18. The number of allylic oxidation sites excluding steroid dienone is 2. The number of unbranched alkanes of at least 4 members (excludes halogenated alkanes) is 32. The molecule has 326 valence electrons. The molecule has 0 aliphatic rings. The molecule has 1 amide bonds. The van der Waals surface area contributed by atoms with Crippen LogP contribution in [0.15, 0.2) is 12.2 Å². The van der Waals surface area contributed by atoms with E-state index >= 15 is 0 Å². The van der Waals surface area contributed by atoms with E-state index in [4.69, 9.17) is 4.74 Å². The Kier molecular flexibility index (Phi) is 44.2. The third kappa shape index (κ3) is 42.0. The minimum atomic E-state index is -0.684. The zero-order valence-corrected chi connectivity index (χ0v) is 36.9. The number of hydrogen-bond donors (Lipinski definition) is 3. The summed E-state index contributed by atoms with van der Waals surface area (Å²) in [6, 6.07) is -0.564. The van der Waals surface area contributed by atoms with Crippen molar-refractivity contribution in [2.24, 2.45) is 0 Å². The molecule has 0 saturated carbocycles. The first-order chi connectivity index (χ1) is 27.0. The molecule has 0 radical (unpaired) electrons. The van der Waals surface area contributed by atoms with E-state index in [0.717, 1.165) is 77.0 Å². The summed E-state index contributed by atoms with van der Waals surface area (Å²) in [4.78, 5) is 24.4. The number of esters is 1. The number of carbonyl (C=O) groups is 2. The van der Waals surface area contributed by atoms with Crippen molar-refractivity contribution in [2.45, 2.75) is 276 Å². The summed E-state index contributed by atoms with van der Waals surface area (Å²) in [7, 11) is 0. The van der Waals surface area contributed by atoms with Crippen LogP contribution >= 0.6 is 0 Å².